The second-order valence-electron chi connectivity index (χ2n) is 7.56. The smallest absolute Gasteiger partial charge is 0.291 e. The first-order valence-electron chi connectivity index (χ1n) is 9.33. The van der Waals surface area contributed by atoms with Crippen molar-refractivity contribution in [2.75, 3.05) is 16.8 Å². The van der Waals surface area contributed by atoms with E-state index in [9.17, 15) is 18.0 Å². The molecule has 0 radical (unpaired) electrons. The van der Waals surface area contributed by atoms with Crippen LogP contribution < -0.4 is 10.6 Å². The lowest BCUT2D eigenvalue weighted by molar-refractivity contribution is 0.0941. The molecule has 9 heteroatoms. The predicted molar refractivity (Wildman–Crippen MR) is 107 cm³/mol. The maximum absolute atomic E-state index is 13.0. The molecule has 1 aliphatic heterocycles. The van der Waals surface area contributed by atoms with E-state index in [2.05, 4.69) is 17.6 Å². The maximum Gasteiger partial charge on any atom is 0.291 e. The van der Waals surface area contributed by atoms with Crippen molar-refractivity contribution in [3.05, 3.63) is 40.2 Å². The molecule has 1 saturated heterocycles. The molecule has 2 N–H and O–H groups in total. The van der Waals surface area contributed by atoms with Gasteiger partial charge in [0.05, 0.1) is 23.3 Å². The Morgan fingerprint density at radius 2 is 2.07 bits per heavy atom. The third kappa shape index (κ3) is 3.86. The predicted octanol–water partition coefficient (Wildman–Crippen LogP) is 2.64. The molecule has 2 aliphatic rings. The molecule has 2 amide bonds. The first-order chi connectivity index (χ1) is 13.3. The molecule has 2 atom stereocenters. The third-order valence-electron chi connectivity index (χ3n) is 5.28. The molecule has 1 fully saturated rings. The summed E-state index contributed by atoms with van der Waals surface area (Å²) >= 11 is 1.42. The molecule has 0 spiro atoms. The number of carbonyl (C=O) groups excluding carboxylic acids is 2. The van der Waals surface area contributed by atoms with Crippen molar-refractivity contribution in [2.24, 2.45) is 5.92 Å². The average Bonchev–Trinajstić information content (AvgIpc) is 3.33. The van der Waals surface area contributed by atoms with E-state index in [1.165, 1.54) is 17.6 Å². The zero-order valence-electron chi connectivity index (χ0n) is 15.5. The van der Waals surface area contributed by atoms with E-state index in [-0.39, 0.29) is 29.2 Å². The van der Waals surface area contributed by atoms with Crippen LogP contribution in [0.3, 0.4) is 0 Å². The van der Waals surface area contributed by atoms with Crippen LogP contribution in [0.1, 0.15) is 51.1 Å². The Labute approximate surface area is 167 Å². The van der Waals surface area contributed by atoms with Crippen molar-refractivity contribution in [3.8, 4) is 0 Å². The Morgan fingerprint density at radius 1 is 1.25 bits per heavy atom. The molecular weight excluding hydrogens is 400 g/mol. The fourth-order valence-electron chi connectivity index (χ4n) is 3.82. The molecule has 2 aromatic rings. The van der Waals surface area contributed by atoms with Crippen molar-refractivity contribution >= 4 is 38.0 Å². The van der Waals surface area contributed by atoms with Gasteiger partial charge in [-0.25, -0.2) is 8.42 Å². The van der Waals surface area contributed by atoms with Crippen LogP contribution in [0.2, 0.25) is 0 Å². The minimum atomic E-state index is -3.09. The van der Waals surface area contributed by atoms with Crippen LogP contribution in [0.5, 0.6) is 0 Å². The summed E-state index contributed by atoms with van der Waals surface area (Å²) in [6, 6.07) is 2.81. The highest BCUT2D eigenvalue weighted by molar-refractivity contribution is 7.91. The lowest BCUT2D eigenvalue weighted by Gasteiger charge is -2.19. The molecule has 28 heavy (non-hydrogen) atoms. The van der Waals surface area contributed by atoms with Crippen molar-refractivity contribution in [1.82, 2.24) is 5.32 Å². The van der Waals surface area contributed by atoms with Gasteiger partial charge in [-0.15, -0.1) is 11.3 Å². The molecule has 0 unspecified atom stereocenters. The largest absolute Gasteiger partial charge is 0.459 e. The fraction of sp³-hybridized carbons (Fsp3) is 0.474. The van der Waals surface area contributed by atoms with Crippen molar-refractivity contribution in [1.29, 1.82) is 0 Å². The minimum Gasteiger partial charge on any atom is -0.459 e. The van der Waals surface area contributed by atoms with Gasteiger partial charge in [0.15, 0.2) is 15.6 Å². The van der Waals surface area contributed by atoms with Crippen molar-refractivity contribution in [2.45, 2.75) is 38.6 Å². The number of hydrogen-bond acceptors (Lipinski definition) is 6. The Morgan fingerprint density at radius 3 is 2.75 bits per heavy atom. The normalized spacial score (nSPS) is 23.2. The molecule has 0 saturated carbocycles. The highest BCUT2D eigenvalue weighted by atomic mass is 32.2. The Kier molecular flexibility index (Phi) is 5.05. The number of fused-ring (bicyclic) bond motifs is 1. The molecular formula is C19H22N2O5S2. The molecule has 0 bridgehead atoms. The van der Waals surface area contributed by atoms with Crippen molar-refractivity contribution in [3.63, 3.8) is 0 Å². The van der Waals surface area contributed by atoms with Gasteiger partial charge in [0, 0.05) is 10.9 Å². The van der Waals surface area contributed by atoms with E-state index in [1.807, 2.05) is 0 Å². The Balaban J connectivity index is 1.62. The summed E-state index contributed by atoms with van der Waals surface area (Å²) in [5.74, 6) is 0.0387. The van der Waals surface area contributed by atoms with Gasteiger partial charge in [0.2, 0.25) is 0 Å². The summed E-state index contributed by atoms with van der Waals surface area (Å²) in [5, 5.41) is 6.17. The molecule has 2 aromatic heterocycles. The zero-order valence-corrected chi connectivity index (χ0v) is 17.1. The van der Waals surface area contributed by atoms with Gasteiger partial charge in [0.25, 0.3) is 11.8 Å². The van der Waals surface area contributed by atoms with E-state index >= 15 is 0 Å². The molecule has 4 rings (SSSR count). The summed E-state index contributed by atoms with van der Waals surface area (Å²) in [5.41, 5.74) is 1.44. The van der Waals surface area contributed by atoms with E-state index < -0.39 is 15.7 Å². The number of amides is 2. The Hall–Kier alpha value is -2.13. The SMILES string of the molecule is C[C@@H]1CCc2c(sc(NC(=O)c3ccco3)c2C(=O)N[C@@H]2CCS(=O)(=O)C2)C1. The summed E-state index contributed by atoms with van der Waals surface area (Å²) in [6.07, 6.45) is 4.47. The highest BCUT2D eigenvalue weighted by Crippen LogP contribution is 2.40. The van der Waals surface area contributed by atoms with Gasteiger partial charge in [-0.05, 0) is 49.3 Å². The second-order valence-corrected chi connectivity index (χ2v) is 10.9. The van der Waals surface area contributed by atoms with Gasteiger partial charge < -0.3 is 15.1 Å². The number of thiophene rings is 1. The third-order valence-corrected chi connectivity index (χ3v) is 8.22. The zero-order chi connectivity index (χ0) is 19.9. The van der Waals surface area contributed by atoms with E-state index in [0.717, 1.165) is 29.7 Å². The summed E-state index contributed by atoms with van der Waals surface area (Å²) in [4.78, 5) is 26.6. The van der Waals surface area contributed by atoms with Gasteiger partial charge >= 0.3 is 0 Å². The molecule has 7 nitrogen and oxygen atoms in total. The first kappa shape index (κ1) is 19.2. The number of hydrogen-bond donors (Lipinski definition) is 2. The van der Waals surface area contributed by atoms with Gasteiger partial charge in [-0.3, -0.25) is 9.59 Å². The van der Waals surface area contributed by atoms with Crippen molar-refractivity contribution < 1.29 is 22.4 Å². The quantitative estimate of drug-likeness (QED) is 0.788. The van der Waals surface area contributed by atoms with Crippen LogP contribution in [0.4, 0.5) is 5.00 Å². The van der Waals surface area contributed by atoms with Gasteiger partial charge in [0.1, 0.15) is 5.00 Å². The van der Waals surface area contributed by atoms with E-state index in [1.54, 1.807) is 12.1 Å². The van der Waals surface area contributed by atoms with Crippen LogP contribution in [0, 0.1) is 5.92 Å². The second kappa shape index (κ2) is 7.36. The summed E-state index contributed by atoms with van der Waals surface area (Å²) in [7, 11) is -3.09. The number of sulfone groups is 1. The van der Waals surface area contributed by atoms with Crippen LogP contribution in [-0.2, 0) is 22.7 Å². The van der Waals surface area contributed by atoms with Crippen LogP contribution in [-0.4, -0.2) is 37.8 Å². The molecule has 0 aromatic carbocycles. The Bertz CT molecular complexity index is 1010. The monoisotopic (exact) mass is 422 g/mol. The summed E-state index contributed by atoms with van der Waals surface area (Å²) < 4.78 is 28.6. The fourth-order valence-corrected chi connectivity index (χ4v) is 6.89. The van der Waals surface area contributed by atoms with Crippen LogP contribution in [0.25, 0.3) is 0 Å². The maximum atomic E-state index is 13.0. The number of rotatable bonds is 4. The number of nitrogens with one attached hydrogen (secondary N) is 2. The highest BCUT2D eigenvalue weighted by Gasteiger charge is 2.33. The molecule has 150 valence electrons. The minimum absolute atomic E-state index is 0.0316. The number of carbonyl (C=O) groups is 2. The standard InChI is InChI=1S/C19H22N2O5S2/c1-11-4-5-13-15(9-11)27-19(21-17(22)14-3-2-7-26-14)16(13)18(23)20-12-6-8-28(24,25)10-12/h2-3,7,11-12H,4-6,8-10H2,1H3,(H,20,23)(H,21,22)/t11-,12-/m1/s1. The van der Waals surface area contributed by atoms with E-state index in [4.69, 9.17) is 4.42 Å². The topological polar surface area (TPSA) is 105 Å². The van der Waals surface area contributed by atoms with Crippen LogP contribution in [0.15, 0.2) is 22.8 Å². The van der Waals surface area contributed by atoms with E-state index in [0.29, 0.717) is 22.9 Å². The number of furan rings is 1. The molecule has 1 aliphatic carbocycles. The lowest BCUT2D eigenvalue weighted by Crippen LogP contribution is -2.36. The first-order valence-corrected chi connectivity index (χ1v) is 12.0. The van der Waals surface area contributed by atoms with Crippen LogP contribution >= 0.6 is 11.3 Å². The summed E-state index contributed by atoms with van der Waals surface area (Å²) in [6.45, 7) is 2.17. The molecule has 3 heterocycles. The lowest BCUT2D eigenvalue weighted by atomic mass is 9.88. The van der Waals surface area contributed by atoms with Gasteiger partial charge in [-0.2, -0.15) is 0 Å². The van der Waals surface area contributed by atoms with Gasteiger partial charge in [-0.1, -0.05) is 6.92 Å². The average molecular weight is 423 g/mol. The number of anilines is 1.